The van der Waals surface area contributed by atoms with Gasteiger partial charge in [0.25, 0.3) is 5.91 Å². The van der Waals surface area contributed by atoms with Crippen molar-refractivity contribution in [2.75, 3.05) is 13.7 Å². The van der Waals surface area contributed by atoms with Crippen molar-refractivity contribution in [3.8, 4) is 5.69 Å². The molecule has 1 unspecified atom stereocenters. The highest BCUT2D eigenvalue weighted by atomic mass is 35.5. The average Bonchev–Trinajstić information content (AvgIpc) is 3.01. The number of esters is 1. The van der Waals surface area contributed by atoms with Crippen LogP contribution in [0.5, 0.6) is 0 Å². The molecule has 2 rings (SSSR count). The molecule has 116 valence electrons. The summed E-state index contributed by atoms with van der Waals surface area (Å²) in [5, 5.41) is 7.33. The van der Waals surface area contributed by atoms with E-state index in [2.05, 4.69) is 15.2 Å². The molecule has 0 saturated heterocycles. The van der Waals surface area contributed by atoms with E-state index in [1.165, 1.54) is 18.0 Å². The molecule has 1 heterocycles. The Morgan fingerprint density at radius 3 is 2.82 bits per heavy atom. The first-order chi connectivity index (χ1) is 10.5. The minimum Gasteiger partial charge on any atom is -0.469 e. The van der Waals surface area contributed by atoms with Gasteiger partial charge in [-0.15, -0.1) is 0 Å². The van der Waals surface area contributed by atoms with Crippen LogP contribution in [-0.4, -0.2) is 35.3 Å². The predicted octanol–water partition coefficient (Wildman–Crippen LogP) is 2.06. The Morgan fingerprint density at radius 1 is 1.41 bits per heavy atom. The number of hydrogen-bond acceptors (Lipinski definition) is 4. The summed E-state index contributed by atoms with van der Waals surface area (Å²) in [5.41, 5.74) is 1.07. The molecule has 0 aliphatic carbocycles. The molecule has 22 heavy (non-hydrogen) atoms. The van der Waals surface area contributed by atoms with E-state index in [4.69, 9.17) is 11.6 Å². The fraction of sp³-hybridized carbons (Fsp3) is 0.267. The van der Waals surface area contributed by atoms with Crippen LogP contribution < -0.4 is 5.32 Å². The van der Waals surface area contributed by atoms with Crippen LogP contribution in [0.15, 0.2) is 36.7 Å². The molecule has 1 aromatic heterocycles. The predicted molar refractivity (Wildman–Crippen MR) is 82.1 cm³/mol. The summed E-state index contributed by atoms with van der Waals surface area (Å²) in [6.07, 6.45) is 3.03. The summed E-state index contributed by atoms with van der Waals surface area (Å²) in [7, 11) is 1.31. The molecule has 0 aliphatic rings. The first kappa shape index (κ1) is 16.0. The van der Waals surface area contributed by atoms with Crippen LogP contribution in [0.1, 0.15) is 17.3 Å². The number of amides is 1. The van der Waals surface area contributed by atoms with Crippen molar-refractivity contribution in [1.29, 1.82) is 0 Å². The summed E-state index contributed by atoms with van der Waals surface area (Å²) >= 11 is 6.09. The van der Waals surface area contributed by atoms with E-state index in [1.54, 1.807) is 25.3 Å². The summed E-state index contributed by atoms with van der Waals surface area (Å²) in [5.74, 6) is -1.09. The molecule has 2 aromatic rings. The number of hydrogen-bond donors (Lipinski definition) is 1. The Balaban J connectivity index is 2.04. The number of benzene rings is 1. The molecule has 0 bridgehead atoms. The van der Waals surface area contributed by atoms with Crippen LogP contribution in [0.25, 0.3) is 5.69 Å². The Bertz CT molecular complexity index is 684. The maximum absolute atomic E-state index is 12.0. The van der Waals surface area contributed by atoms with Gasteiger partial charge in [0.1, 0.15) is 0 Å². The largest absolute Gasteiger partial charge is 0.469 e. The molecule has 7 heteroatoms. The lowest BCUT2D eigenvalue weighted by molar-refractivity contribution is -0.144. The molecule has 0 fully saturated rings. The minimum absolute atomic E-state index is 0.197. The van der Waals surface area contributed by atoms with Gasteiger partial charge in [-0.3, -0.25) is 9.59 Å². The van der Waals surface area contributed by atoms with Gasteiger partial charge in [0.05, 0.1) is 35.5 Å². The second kappa shape index (κ2) is 7.09. The number of carbonyl (C=O) groups excluding carboxylic acids is 2. The molecule has 0 aliphatic heterocycles. The van der Waals surface area contributed by atoms with Crippen molar-refractivity contribution in [1.82, 2.24) is 15.1 Å². The van der Waals surface area contributed by atoms with Gasteiger partial charge in [0, 0.05) is 12.7 Å². The Labute approximate surface area is 133 Å². The number of halogens is 1. The highest BCUT2D eigenvalue weighted by molar-refractivity contribution is 6.32. The third kappa shape index (κ3) is 3.65. The fourth-order valence-electron chi connectivity index (χ4n) is 1.84. The lowest BCUT2D eigenvalue weighted by Gasteiger charge is -2.09. The van der Waals surface area contributed by atoms with Gasteiger partial charge in [0.2, 0.25) is 0 Å². The number of rotatable bonds is 5. The van der Waals surface area contributed by atoms with Crippen LogP contribution in [0.3, 0.4) is 0 Å². The SMILES string of the molecule is COC(=O)C(C)CNC(=O)c1cnn(-c2ccccc2Cl)c1. The quantitative estimate of drug-likeness (QED) is 0.856. The van der Waals surface area contributed by atoms with Crippen molar-refractivity contribution in [2.24, 2.45) is 5.92 Å². The molecule has 0 radical (unpaired) electrons. The third-order valence-electron chi connectivity index (χ3n) is 3.12. The molecule has 1 amide bonds. The number of carbonyl (C=O) groups is 2. The zero-order valence-electron chi connectivity index (χ0n) is 12.2. The van der Waals surface area contributed by atoms with Crippen LogP contribution in [-0.2, 0) is 9.53 Å². The number of para-hydroxylation sites is 1. The van der Waals surface area contributed by atoms with Gasteiger partial charge in [0.15, 0.2) is 0 Å². The summed E-state index contributed by atoms with van der Waals surface area (Å²) in [4.78, 5) is 23.3. The third-order valence-corrected chi connectivity index (χ3v) is 3.44. The number of nitrogens with one attached hydrogen (secondary N) is 1. The van der Waals surface area contributed by atoms with Gasteiger partial charge >= 0.3 is 5.97 Å². The Kier molecular flexibility index (Phi) is 5.16. The smallest absolute Gasteiger partial charge is 0.310 e. The normalized spacial score (nSPS) is 11.8. The van der Waals surface area contributed by atoms with Crippen molar-refractivity contribution >= 4 is 23.5 Å². The van der Waals surface area contributed by atoms with Gasteiger partial charge in [-0.25, -0.2) is 4.68 Å². The van der Waals surface area contributed by atoms with Crippen molar-refractivity contribution < 1.29 is 14.3 Å². The maximum Gasteiger partial charge on any atom is 0.310 e. The van der Waals surface area contributed by atoms with E-state index in [1.807, 2.05) is 12.1 Å². The molecule has 1 aromatic carbocycles. The van der Waals surface area contributed by atoms with Crippen LogP contribution in [0.2, 0.25) is 5.02 Å². The summed E-state index contributed by atoms with van der Waals surface area (Å²) < 4.78 is 6.13. The average molecular weight is 322 g/mol. The van der Waals surface area contributed by atoms with Crippen LogP contribution in [0, 0.1) is 5.92 Å². The topological polar surface area (TPSA) is 73.2 Å². The number of ether oxygens (including phenoxy) is 1. The first-order valence-electron chi connectivity index (χ1n) is 6.68. The van der Waals surface area contributed by atoms with Gasteiger partial charge in [-0.2, -0.15) is 5.10 Å². The molecule has 1 atom stereocenters. The zero-order valence-corrected chi connectivity index (χ0v) is 13.0. The second-order valence-electron chi connectivity index (χ2n) is 4.76. The van der Waals surface area contributed by atoms with Gasteiger partial charge < -0.3 is 10.1 Å². The van der Waals surface area contributed by atoms with Crippen LogP contribution >= 0.6 is 11.6 Å². The van der Waals surface area contributed by atoms with Gasteiger partial charge in [-0.05, 0) is 12.1 Å². The van der Waals surface area contributed by atoms with Crippen molar-refractivity contribution in [3.63, 3.8) is 0 Å². The van der Waals surface area contributed by atoms with E-state index in [0.29, 0.717) is 16.3 Å². The van der Waals surface area contributed by atoms with E-state index in [0.717, 1.165) is 0 Å². The van der Waals surface area contributed by atoms with Crippen molar-refractivity contribution in [2.45, 2.75) is 6.92 Å². The van der Waals surface area contributed by atoms with Crippen LogP contribution in [0.4, 0.5) is 0 Å². The fourth-order valence-corrected chi connectivity index (χ4v) is 2.06. The summed E-state index contributed by atoms with van der Waals surface area (Å²) in [6.45, 7) is 1.88. The van der Waals surface area contributed by atoms with E-state index in [-0.39, 0.29) is 18.4 Å². The van der Waals surface area contributed by atoms with E-state index < -0.39 is 5.92 Å². The lowest BCUT2D eigenvalue weighted by Crippen LogP contribution is -2.31. The lowest BCUT2D eigenvalue weighted by atomic mass is 10.2. The standard InChI is InChI=1S/C15H16ClN3O3/c1-10(15(21)22-2)7-17-14(20)11-8-18-19(9-11)13-6-4-3-5-12(13)16/h3-6,8-10H,7H2,1-2H3,(H,17,20). The van der Waals surface area contributed by atoms with E-state index in [9.17, 15) is 9.59 Å². The summed E-state index contributed by atoms with van der Waals surface area (Å²) in [6, 6.07) is 7.20. The highest BCUT2D eigenvalue weighted by Gasteiger charge is 2.16. The highest BCUT2D eigenvalue weighted by Crippen LogP contribution is 2.19. The molecule has 1 N–H and O–H groups in total. The number of nitrogens with zero attached hydrogens (tertiary/aromatic N) is 2. The number of aromatic nitrogens is 2. The molecule has 0 spiro atoms. The monoisotopic (exact) mass is 321 g/mol. The second-order valence-corrected chi connectivity index (χ2v) is 5.17. The minimum atomic E-state index is -0.410. The molecule has 6 nitrogen and oxygen atoms in total. The van der Waals surface area contributed by atoms with Crippen molar-refractivity contribution in [3.05, 3.63) is 47.2 Å². The van der Waals surface area contributed by atoms with E-state index >= 15 is 0 Å². The maximum atomic E-state index is 12.0. The molecular formula is C15H16ClN3O3. The first-order valence-corrected chi connectivity index (χ1v) is 7.06. The van der Waals surface area contributed by atoms with Gasteiger partial charge in [-0.1, -0.05) is 30.7 Å². The Hall–Kier alpha value is -2.34. The molecule has 0 saturated carbocycles. The zero-order chi connectivity index (χ0) is 16.1. The molecular weight excluding hydrogens is 306 g/mol. The number of methoxy groups -OCH3 is 1. The Morgan fingerprint density at radius 2 is 2.14 bits per heavy atom.